The van der Waals surface area contributed by atoms with E-state index in [1.807, 2.05) is 20.8 Å². The van der Waals surface area contributed by atoms with Gasteiger partial charge in [0, 0.05) is 11.1 Å². The van der Waals surface area contributed by atoms with E-state index in [2.05, 4.69) is 15.5 Å². The van der Waals surface area contributed by atoms with Crippen molar-refractivity contribution in [2.75, 3.05) is 0 Å². The fraction of sp³-hybridized carbons (Fsp3) is 0.615. The van der Waals surface area contributed by atoms with E-state index >= 15 is 0 Å². The molecular weight excluding hydrogens is 246 g/mol. The predicted molar refractivity (Wildman–Crippen MR) is 71.0 cm³/mol. The number of aromatic amines is 1. The Morgan fingerprint density at radius 2 is 1.95 bits per heavy atom. The highest BCUT2D eigenvalue weighted by Crippen LogP contribution is 2.20. The van der Waals surface area contributed by atoms with Gasteiger partial charge < -0.3 is 10.4 Å². The highest BCUT2D eigenvalue weighted by Gasteiger charge is 2.26. The summed E-state index contributed by atoms with van der Waals surface area (Å²) in [5.74, 6) is -1.72. The van der Waals surface area contributed by atoms with Crippen molar-refractivity contribution in [3.05, 3.63) is 17.5 Å². The maximum absolute atomic E-state index is 11.9. The molecule has 1 aromatic heterocycles. The first-order chi connectivity index (χ1) is 8.62. The van der Waals surface area contributed by atoms with Gasteiger partial charge in [0.25, 0.3) is 5.91 Å². The number of nitrogens with one attached hydrogen (secondary N) is 2. The smallest absolute Gasteiger partial charge is 0.326 e. The molecule has 0 saturated heterocycles. The van der Waals surface area contributed by atoms with Crippen LogP contribution in [-0.2, 0) is 10.2 Å². The van der Waals surface area contributed by atoms with Gasteiger partial charge in [-0.15, -0.1) is 0 Å². The number of carbonyl (C=O) groups is 2. The molecule has 3 N–H and O–H groups in total. The largest absolute Gasteiger partial charge is 0.480 e. The maximum atomic E-state index is 11.9. The number of hydrogen-bond acceptors (Lipinski definition) is 3. The standard InChI is InChI=1S/C13H21N3O3/c1-7(2)10(12(18)19)14-11(17)8-6-9(16-15-8)13(3,4)5/h6-7,10H,1-5H3,(H,14,17)(H,15,16)(H,18,19). The topological polar surface area (TPSA) is 95.1 Å². The van der Waals surface area contributed by atoms with E-state index in [4.69, 9.17) is 5.11 Å². The third kappa shape index (κ3) is 3.81. The number of H-pyrrole nitrogens is 1. The second kappa shape index (κ2) is 5.42. The number of carboxylic acids is 1. The minimum absolute atomic E-state index is 0.143. The van der Waals surface area contributed by atoms with Crippen molar-refractivity contribution in [1.82, 2.24) is 15.5 Å². The lowest BCUT2D eigenvalue weighted by Gasteiger charge is -2.17. The molecule has 1 amide bonds. The van der Waals surface area contributed by atoms with E-state index in [1.54, 1.807) is 19.9 Å². The molecular formula is C13H21N3O3. The summed E-state index contributed by atoms with van der Waals surface area (Å²) in [6, 6.07) is 0.733. The molecule has 0 aliphatic carbocycles. The minimum atomic E-state index is -1.05. The van der Waals surface area contributed by atoms with Crippen LogP contribution >= 0.6 is 0 Å². The second-order valence-corrected chi connectivity index (χ2v) is 5.95. The molecule has 0 bridgehead atoms. The van der Waals surface area contributed by atoms with Gasteiger partial charge in [0.1, 0.15) is 11.7 Å². The fourth-order valence-corrected chi connectivity index (χ4v) is 1.55. The number of rotatable bonds is 4. The Morgan fingerprint density at radius 3 is 2.32 bits per heavy atom. The van der Waals surface area contributed by atoms with Crippen molar-refractivity contribution in [1.29, 1.82) is 0 Å². The monoisotopic (exact) mass is 267 g/mol. The third-order valence-electron chi connectivity index (χ3n) is 2.84. The fourth-order valence-electron chi connectivity index (χ4n) is 1.55. The van der Waals surface area contributed by atoms with Crippen molar-refractivity contribution < 1.29 is 14.7 Å². The average molecular weight is 267 g/mol. The summed E-state index contributed by atoms with van der Waals surface area (Å²) in [4.78, 5) is 23.0. The Kier molecular flexibility index (Phi) is 4.34. The average Bonchev–Trinajstić information content (AvgIpc) is 2.73. The number of carboxylic acid groups (broad SMARTS) is 1. The molecule has 106 valence electrons. The number of carbonyl (C=O) groups excluding carboxylic acids is 1. The lowest BCUT2D eigenvalue weighted by molar-refractivity contribution is -0.140. The van der Waals surface area contributed by atoms with E-state index in [1.165, 1.54) is 0 Å². The Morgan fingerprint density at radius 1 is 1.37 bits per heavy atom. The predicted octanol–water partition coefficient (Wildman–Crippen LogP) is 1.55. The maximum Gasteiger partial charge on any atom is 0.326 e. The number of aromatic nitrogens is 2. The van der Waals surface area contributed by atoms with Gasteiger partial charge in [0.15, 0.2) is 0 Å². The van der Waals surface area contributed by atoms with Crippen molar-refractivity contribution in [2.24, 2.45) is 5.92 Å². The first kappa shape index (κ1) is 15.2. The molecule has 1 unspecified atom stereocenters. The van der Waals surface area contributed by atoms with Gasteiger partial charge >= 0.3 is 5.97 Å². The number of aliphatic carboxylic acids is 1. The molecule has 0 radical (unpaired) electrons. The van der Waals surface area contributed by atoms with E-state index in [9.17, 15) is 9.59 Å². The van der Waals surface area contributed by atoms with Gasteiger partial charge in [-0.05, 0) is 12.0 Å². The van der Waals surface area contributed by atoms with E-state index < -0.39 is 17.9 Å². The van der Waals surface area contributed by atoms with Crippen LogP contribution in [0.15, 0.2) is 6.07 Å². The molecule has 0 aliphatic heterocycles. The zero-order chi connectivity index (χ0) is 14.8. The number of amides is 1. The van der Waals surface area contributed by atoms with E-state index in [0.717, 1.165) is 5.69 Å². The van der Waals surface area contributed by atoms with E-state index in [0.29, 0.717) is 0 Å². The Hall–Kier alpha value is -1.85. The summed E-state index contributed by atoms with van der Waals surface area (Å²) < 4.78 is 0. The normalized spacial score (nSPS) is 13.4. The van der Waals surface area contributed by atoms with Crippen LogP contribution in [0.25, 0.3) is 0 Å². The second-order valence-electron chi connectivity index (χ2n) is 5.95. The summed E-state index contributed by atoms with van der Waals surface area (Å²) >= 11 is 0. The summed E-state index contributed by atoms with van der Waals surface area (Å²) in [6.07, 6.45) is 0. The summed E-state index contributed by atoms with van der Waals surface area (Å²) in [5, 5.41) is 18.2. The molecule has 6 heteroatoms. The van der Waals surface area contributed by atoms with Gasteiger partial charge in [0.05, 0.1) is 0 Å². The minimum Gasteiger partial charge on any atom is -0.480 e. The highest BCUT2D eigenvalue weighted by atomic mass is 16.4. The number of nitrogens with zero attached hydrogens (tertiary/aromatic N) is 1. The first-order valence-electron chi connectivity index (χ1n) is 6.22. The van der Waals surface area contributed by atoms with Crippen molar-refractivity contribution in [3.8, 4) is 0 Å². The van der Waals surface area contributed by atoms with Gasteiger partial charge in [0.2, 0.25) is 0 Å². The summed E-state index contributed by atoms with van der Waals surface area (Å²) in [6.45, 7) is 9.47. The van der Waals surface area contributed by atoms with Crippen LogP contribution in [0.4, 0.5) is 0 Å². The van der Waals surface area contributed by atoms with Crippen LogP contribution in [0.5, 0.6) is 0 Å². The molecule has 0 aliphatic rings. The van der Waals surface area contributed by atoms with Gasteiger partial charge in [-0.3, -0.25) is 9.89 Å². The number of hydrogen-bond donors (Lipinski definition) is 3. The Labute approximate surface area is 112 Å². The van der Waals surface area contributed by atoms with Gasteiger partial charge in [-0.2, -0.15) is 5.10 Å². The molecule has 1 heterocycles. The van der Waals surface area contributed by atoms with E-state index in [-0.39, 0.29) is 17.0 Å². The highest BCUT2D eigenvalue weighted by molar-refractivity contribution is 5.95. The molecule has 1 atom stereocenters. The molecule has 0 aromatic carbocycles. The van der Waals surface area contributed by atoms with Crippen LogP contribution in [0.2, 0.25) is 0 Å². The SMILES string of the molecule is CC(C)C(NC(=O)c1cc(C(C)(C)C)[nH]n1)C(=O)O. The van der Waals surface area contributed by atoms with Crippen molar-refractivity contribution in [2.45, 2.75) is 46.1 Å². The Balaban J connectivity index is 2.84. The Bertz CT molecular complexity index is 472. The van der Waals surface area contributed by atoms with Gasteiger partial charge in [-0.1, -0.05) is 34.6 Å². The summed E-state index contributed by atoms with van der Waals surface area (Å²) in [7, 11) is 0. The van der Waals surface area contributed by atoms with Crippen LogP contribution in [0, 0.1) is 5.92 Å². The first-order valence-corrected chi connectivity index (χ1v) is 6.22. The van der Waals surface area contributed by atoms with Crippen LogP contribution in [0.1, 0.15) is 50.8 Å². The quantitative estimate of drug-likeness (QED) is 0.771. The van der Waals surface area contributed by atoms with Gasteiger partial charge in [-0.25, -0.2) is 4.79 Å². The van der Waals surface area contributed by atoms with Crippen LogP contribution in [-0.4, -0.2) is 33.2 Å². The molecule has 6 nitrogen and oxygen atoms in total. The summed E-state index contributed by atoms with van der Waals surface area (Å²) in [5.41, 5.74) is 0.890. The van der Waals surface area contributed by atoms with Crippen LogP contribution in [0.3, 0.4) is 0 Å². The lowest BCUT2D eigenvalue weighted by atomic mass is 9.92. The van der Waals surface area contributed by atoms with Crippen molar-refractivity contribution in [3.63, 3.8) is 0 Å². The zero-order valence-corrected chi connectivity index (χ0v) is 11.9. The molecule has 0 saturated carbocycles. The molecule has 0 spiro atoms. The molecule has 1 aromatic rings. The molecule has 0 fully saturated rings. The zero-order valence-electron chi connectivity index (χ0n) is 11.9. The molecule has 1 rings (SSSR count). The molecule has 19 heavy (non-hydrogen) atoms. The van der Waals surface area contributed by atoms with Crippen LogP contribution < -0.4 is 5.32 Å². The van der Waals surface area contributed by atoms with Crippen molar-refractivity contribution >= 4 is 11.9 Å². The lowest BCUT2D eigenvalue weighted by Crippen LogP contribution is -2.44. The third-order valence-corrected chi connectivity index (χ3v) is 2.84.